The van der Waals surface area contributed by atoms with E-state index in [1.165, 1.54) is 38.7 Å². The standard InChI is InChI=1S/C13H23N3O/c1-3-6-16(10-13-9-14-11-17-13)12-4-7-15(2)8-5-12/h9,11-12H,3-8,10H2,1-2H3. The number of nitrogens with zero attached hydrogens (tertiary/aromatic N) is 3. The van der Waals surface area contributed by atoms with E-state index in [1.54, 1.807) is 0 Å². The molecule has 1 aliphatic heterocycles. The molecule has 1 aromatic heterocycles. The predicted octanol–water partition coefficient (Wildman–Crippen LogP) is 1.98. The van der Waals surface area contributed by atoms with E-state index in [1.807, 2.05) is 6.20 Å². The first-order valence-corrected chi connectivity index (χ1v) is 6.59. The molecule has 0 radical (unpaired) electrons. The highest BCUT2D eigenvalue weighted by Crippen LogP contribution is 2.18. The first kappa shape index (κ1) is 12.6. The Bertz CT molecular complexity index is 304. The Morgan fingerprint density at radius 2 is 2.24 bits per heavy atom. The lowest BCUT2D eigenvalue weighted by Crippen LogP contribution is -2.43. The molecule has 17 heavy (non-hydrogen) atoms. The molecule has 0 atom stereocenters. The Labute approximate surface area is 104 Å². The van der Waals surface area contributed by atoms with Gasteiger partial charge in [-0.15, -0.1) is 0 Å². The van der Waals surface area contributed by atoms with Gasteiger partial charge in [0.25, 0.3) is 0 Å². The molecule has 4 nitrogen and oxygen atoms in total. The van der Waals surface area contributed by atoms with Crippen LogP contribution in [0.1, 0.15) is 31.9 Å². The molecule has 1 aromatic rings. The maximum atomic E-state index is 5.36. The number of oxazole rings is 1. The summed E-state index contributed by atoms with van der Waals surface area (Å²) in [6.07, 6.45) is 7.08. The molecular weight excluding hydrogens is 214 g/mol. The number of aromatic nitrogens is 1. The van der Waals surface area contributed by atoms with Gasteiger partial charge in [0.1, 0.15) is 5.76 Å². The lowest BCUT2D eigenvalue weighted by Gasteiger charge is -2.36. The number of hydrogen-bond acceptors (Lipinski definition) is 4. The molecule has 1 aliphatic rings. The van der Waals surface area contributed by atoms with E-state index in [4.69, 9.17) is 4.42 Å². The second kappa shape index (κ2) is 6.17. The fourth-order valence-corrected chi connectivity index (χ4v) is 2.56. The Kier molecular flexibility index (Phi) is 4.57. The van der Waals surface area contributed by atoms with Crippen LogP contribution in [0.4, 0.5) is 0 Å². The molecule has 2 rings (SSSR count). The van der Waals surface area contributed by atoms with E-state index in [0.717, 1.165) is 18.8 Å². The van der Waals surface area contributed by atoms with Gasteiger partial charge in [0.2, 0.25) is 0 Å². The summed E-state index contributed by atoms with van der Waals surface area (Å²) in [6, 6.07) is 0.705. The number of likely N-dealkylation sites (tertiary alicyclic amines) is 1. The highest BCUT2D eigenvalue weighted by Gasteiger charge is 2.23. The minimum atomic E-state index is 0.705. The SMILES string of the molecule is CCCN(Cc1cnco1)C1CCN(C)CC1. The van der Waals surface area contributed by atoms with Gasteiger partial charge >= 0.3 is 0 Å². The van der Waals surface area contributed by atoms with Crippen molar-refractivity contribution in [1.29, 1.82) is 0 Å². The molecule has 96 valence electrons. The number of piperidine rings is 1. The summed E-state index contributed by atoms with van der Waals surface area (Å²) in [5.74, 6) is 0.984. The molecule has 0 amide bonds. The van der Waals surface area contributed by atoms with Crippen LogP contribution in [0.2, 0.25) is 0 Å². The number of rotatable bonds is 5. The van der Waals surface area contributed by atoms with Crippen LogP contribution in [0.3, 0.4) is 0 Å². The third kappa shape index (κ3) is 3.54. The van der Waals surface area contributed by atoms with E-state index in [2.05, 4.69) is 28.8 Å². The zero-order chi connectivity index (χ0) is 12.1. The Morgan fingerprint density at radius 3 is 2.82 bits per heavy atom. The predicted molar refractivity (Wildman–Crippen MR) is 67.7 cm³/mol. The van der Waals surface area contributed by atoms with Gasteiger partial charge in [-0.2, -0.15) is 0 Å². The van der Waals surface area contributed by atoms with E-state index >= 15 is 0 Å². The van der Waals surface area contributed by atoms with E-state index in [9.17, 15) is 0 Å². The lowest BCUT2D eigenvalue weighted by molar-refractivity contribution is 0.108. The van der Waals surface area contributed by atoms with Gasteiger partial charge in [0, 0.05) is 6.04 Å². The topological polar surface area (TPSA) is 32.5 Å². The molecule has 1 fully saturated rings. The molecule has 0 aliphatic carbocycles. The molecule has 4 heteroatoms. The second-order valence-corrected chi connectivity index (χ2v) is 4.97. The third-order valence-electron chi connectivity index (χ3n) is 3.56. The van der Waals surface area contributed by atoms with Crippen molar-refractivity contribution in [3.8, 4) is 0 Å². The molecule has 0 aromatic carbocycles. The first-order valence-electron chi connectivity index (χ1n) is 6.59. The van der Waals surface area contributed by atoms with Gasteiger partial charge in [0.05, 0.1) is 12.7 Å². The third-order valence-corrected chi connectivity index (χ3v) is 3.56. The van der Waals surface area contributed by atoms with Gasteiger partial charge in [0.15, 0.2) is 6.39 Å². The van der Waals surface area contributed by atoms with Gasteiger partial charge in [-0.3, -0.25) is 4.90 Å². The zero-order valence-corrected chi connectivity index (χ0v) is 10.9. The Balaban J connectivity index is 1.92. The van der Waals surface area contributed by atoms with Gasteiger partial charge in [-0.05, 0) is 45.9 Å². The summed E-state index contributed by atoms with van der Waals surface area (Å²) in [5, 5.41) is 0. The zero-order valence-electron chi connectivity index (χ0n) is 10.9. The van der Waals surface area contributed by atoms with Crippen LogP contribution in [-0.2, 0) is 6.54 Å². The fraction of sp³-hybridized carbons (Fsp3) is 0.769. The van der Waals surface area contributed by atoms with Crippen LogP contribution in [0.5, 0.6) is 0 Å². The summed E-state index contributed by atoms with van der Waals surface area (Å²) in [6.45, 7) is 6.71. The maximum Gasteiger partial charge on any atom is 0.180 e. The van der Waals surface area contributed by atoms with Gasteiger partial charge in [-0.1, -0.05) is 6.92 Å². The molecule has 0 bridgehead atoms. The number of hydrogen-bond donors (Lipinski definition) is 0. The maximum absolute atomic E-state index is 5.36. The van der Waals surface area contributed by atoms with E-state index < -0.39 is 0 Å². The lowest BCUT2D eigenvalue weighted by atomic mass is 10.0. The van der Waals surface area contributed by atoms with Gasteiger partial charge < -0.3 is 9.32 Å². The summed E-state index contributed by atoms with van der Waals surface area (Å²) in [5.41, 5.74) is 0. The van der Waals surface area contributed by atoms with Crippen LogP contribution in [-0.4, -0.2) is 47.5 Å². The molecule has 0 saturated carbocycles. The molecular formula is C13H23N3O. The van der Waals surface area contributed by atoms with Crippen molar-refractivity contribution in [2.45, 2.75) is 38.8 Å². The largest absolute Gasteiger partial charge is 0.447 e. The van der Waals surface area contributed by atoms with Crippen molar-refractivity contribution in [3.05, 3.63) is 18.4 Å². The van der Waals surface area contributed by atoms with Crippen molar-refractivity contribution >= 4 is 0 Å². The monoisotopic (exact) mass is 237 g/mol. The van der Waals surface area contributed by atoms with Crippen molar-refractivity contribution < 1.29 is 4.42 Å². The van der Waals surface area contributed by atoms with Gasteiger partial charge in [-0.25, -0.2) is 4.98 Å². The first-order chi connectivity index (χ1) is 8.29. The van der Waals surface area contributed by atoms with Crippen molar-refractivity contribution in [3.63, 3.8) is 0 Å². The Morgan fingerprint density at radius 1 is 1.47 bits per heavy atom. The van der Waals surface area contributed by atoms with Crippen LogP contribution in [0.15, 0.2) is 17.0 Å². The highest BCUT2D eigenvalue weighted by molar-refractivity contribution is 4.90. The molecule has 0 N–H and O–H groups in total. The van der Waals surface area contributed by atoms with Crippen molar-refractivity contribution in [2.24, 2.45) is 0 Å². The smallest absolute Gasteiger partial charge is 0.180 e. The van der Waals surface area contributed by atoms with Crippen LogP contribution >= 0.6 is 0 Å². The minimum Gasteiger partial charge on any atom is -0.447 e. The average molecular weight is 237 g/mol. The summed E-state index contributed by atoms with van der Waals surface area (Å²) in [7, 11) is 2.21. The Hall–Kier alpha value is -0.870. The fourth-order valence-electron chi connectivity index (χ4n) is 2.56. The van der Waals surface area contributed by atoms with Crippen molar-refractivity contribution in [2.75, 3.05) is 26.7 Å². The summed E-state index contributed by atoms with van der Waals surface area (Å²) in [4.78, 5) is 8.95. The van der Waals surface area contributed by atoms with E-state index in [0.29, 0.717) is 6.04 Å². The van der Waals surface area contributed by atoms with Crippen LogP contribution < -0.4 is 0 Å². The summed E-state index contributed by atoms with van der Waals surface area (Å²) >= 11 is 0. The molecule has 0 unspecified atom stereocenters. The average Bonchev–Trinajstić information content (AvgIpc) is 2.82. The molecule has 2 heterocycles. The quantitative estimate of drug-likeness (QED) is 0.784. The summed E-state index contributed by atoms with van der Waals surface area (Å²) < 4.78 is 5.36. The second-order valence-electron chi connectivity index (χ2n) is 4.97. The minimum absolute atomic E-state index is 0.705. The van der Waals surface area contributed by atoms with Crippen LogP contribution in [0.25, 0.3) is 0 Å². The normalized spacial score (nSPS) is 19.0. The highest BCUT2D eigenvalue weighted by atomic mass is 16.3. The van der Waals surface area contributed by atoms with E-state index in [-0.39, 0.29) is 0 Å². The molecule has 1 saturated heterocycles. The molecule has 0 spiro atoms. The van der Waals surface area contributed by atoms with Crippen molar-refractivity contribution in [1.82, 2.24) is 14.8 Å². The van der Waals surface area contributed by atoms with Crippen LogP contribution in [0, 0.1) is 0 Å².